The van der Waals surface area contributed by atoms with Crippen LogP contribution in [0, 0.1) is 6.92 Å². The van der Waals surface area contributed by atoms with Gasteiger partial charge in [0, 0.05) is 16.3 Å². The van der Waals surface area contributed by atoms with Crippen LogP contribution in [0.3, 0.4) is 0 Å². The Balaban J connectivity index is 1.95. The van der Waals surface area contributed by atoms with Gasteiger partial charge < -0.3 is 15.0 Å². The van der Waals surface area contributed by atoms with Gasteiger partial charge in [0.1, 0.15) is 12.3 Å². The van der Waals surface area contributed by atoms with Gasteiger partial charge in [0.05, 0.1) is 14.2 Å². The van der Waals surface area contributed by atoms with Crippen LogP contribution < -0.4 is 15.0 Å². The zero-order valence-electron chi connectivity index (χ0n) is 13.7. The number of hydrogen-bond acceptors (Lipinski definition) is 2. The summed E-state index contributed by atoms with van der Waals surface area (Å²) in [6, 6.07) is 13.3. The van der Waals surface area contributed by atoms with E-state index in [2.05, 4.69) is 5.32 Å². The zero-order chi connectivity index (χ0) is 16.8. The number of anilines is 1. The van der Waals surface area contributed by atoms with E-state index in [0.717, 1.165) is 27.5 Å². The first kappa shape index (κ1) is 17.3. The van der Waals surface area contributed by atoms with Crippen molar-refractivity contribution in [2.45, 2.75) is 13.5 Å². The summed E-state index contributed by atoms with van der Waals surface area (Å²) in [5.41, 5.74) is 2.93. The average Bonchev–Trinajstić information content (AvgIpc) is 2.47. The van der Waals surface area contributed by atoms with E-state index in [-0.39, 0.29) is 5.91 Å². The number of carbonyl (C=O) groups is 1. The standard InChI is InChI=1S/C18H21ClN2O2/c1-13-5-4-6-16(9-13)20-18(22)12-21(2)11-14-10-15(19)7-8-17(14)23-3/h4-10H,11-12H2,1-3H3,(H,20,22)/p+1. The molecule has 0 bridgehead atoms. The molecule has 0 aliphatic carbocycles. The van der Waals surface area contributed by atoms with Crippen LogP contribution in [0.1, 0.15) is 11.1 Å². The van der Waals surface area contributed by atoms with Crippen molar-refractivity contribution in [3.63, 3.8) is 0 Å². The molecule has 0 heterocycles. The first-order chi connectivity index (χ1) is 11.0. The number of likely N-dealkylation sites (N-methyl/N-ethyl adjacent to an activating group) is 1. The van der Waals surface area contributed by atoms with E-state index < -0.39 is 0 Å². The molecule has 2 N–H and O–H groups in total. The SMILES string of the molecule is COc1ccc(Cl)cc1C[NH+](C)CC(=O)Nc1cccc(C)c1. The third-order valence-electron chi connectivity index (χ3n) is 3.50. The summed E-state index contributed by atoms with van der Waals surface area (Å²) in [5.74, 6) is 0.766. The van der Waals surface area contributed by atoms with Gasteiger partial charge in [0.15, 0.2) is 6.54 Å². The molecule has 23 heavy (non-hydrogen) atoms. The molecular weight excluding hydrogens is 312 g/mol. The van der Waals surface area contributed by atoms with Crippen LogP contribution in [0.5, 0.6) is 5.75 Å². The average molecular weight is 334 g/mol. The number of methoxy groups -OCH3 is 1. The van der Waals surface area contributed by atoms with Gasteiger partial charge in [-0.25, -0.2) is 0 Å². The fourth-order valence-corrected chi connectivity index (χ4v) is 2.67. The molecule has 0 radical (unpaired) electrons. The molecule has 1 unspecified atom stereocenters. The van der Waals surface area contributed by atoms with Crippen molar-refractivity contribution in [3.8, 4) is 5.75 Å². The Morgan fingerprint density at radius 2 is 2.04 bits per heavy atom. The number of halogens is 1. The number of quaternary nitrogens is 1. The first-order valence-corrected chi connectivity index (χ1v) is 7.86. The molecule has 0 spiro atoms. The van der Waals surface area contributed by atoms with Crippen molar-refractivity contribution in [1.29, 1.82) is 0 Å². The highest BCUT2D eigenvalue weighted by molar-refractivity contribution is 6.30. The molecule has 0 saturated carbocycles. The van der Waals surface area contributed by atoms with Crippen LogP contribution in [0.4, 0.5) is 5.69 Å². The van der Waals surface area contributed by atoms with Gasteiger partial charge >= 0.3 is 0 Å². The Morgan fingerprint density at radius 1 is 1.26 bits per heavy atom. The molecule has 2 rings (SSSR count). The van der Waals surface area contributed by atoms with E-state index in [1.165, 1.54) is 0 Å². The first-order valence-electron chi connectivity index (χ1n) is 7.48. The van der Waals surface area contributed by atoms with Crippen molar-refractivity contribution < 1.29 is 14.4 Å². The number of nitrogens with one attached hydrogen (secondary N) is 2. The van der Waals surface area contributed by atoms with Crippen molar-refractivity contribution in [1.82, 2.24) is 0 Å². The van der Waals surface area contributed by atoms with E-state index in [0.29, 0.717) is 18.1 Å². The van der Waals surface area contributed by atoms with Crippen molar-refractivity contribution in [2.75, 3.05) is 26.0 Å². The second-order valence-corrected chi connectivity index (χ2v) is 6.12. The van der Waals surface area contributed by atoms with Gasteiger partial charge in [0.25, 0.3) is 5.91 Å². The number of carbonyl (C=O) groups excluding carboxylic acids is 1. The van der Waals surface area contributed by atoms with Crippen LogP contribution in [0.25, 0.3) is 0 Å². The summed E-state index contributed by atoms with van der Waals surface area (Å²) in [6.07, 6.45) is 0. The summed E-state index contributed by atoms with van der Waals surface area (Å²) in [5, 5.41) is 3.59. The molecule has 2 aromatic carbocycles. The Bertz CT molecular complexity index is 688. The molecule has 1 amide bonds. The molecule has 4 nitrogen and oxygen atoms in total. The molecule has 122 valence electrons. The molecular formula is C18H22ClN2O2+. The summed E-state index contributed by atoms with van der Waals surface area (Å²) >= 11 is 6.04. The molecule has 0 saturated heterocycles. The second kappa shape index (κ2) is 7.99. The van der Waals surface area contributed by atoms with Gasteiger partial charge in [0.2, 0.25) is 0 Å². The maximum atomic E-state index is 12.2. The Labute approximate surface area is 142 Å². The van der Waals surface area contributed by atoms with Gasteiger partial charge in [-0.2, -0.15) is 0 Å². The summed E-state index contributed by atoms with van der Waals surface area (Å²) in [4.78, 5) is 13.2. The van der Waals surface area contributed by atoms with Crippen LogP contribution in [-0.4, -0.2) is 26.6 Å². The fraction of sp³-hybridized carbons (Fsp3) is 0.278. The van der Waals surface area contributed by atoms with Crippen LogP contribution in [0.15, 0.2) is 42.5 Å². The molecule has 2 aromatic rings. The molecule has 0 aromatic heterocycles. The van der Waals surface area contributed by atoms with Crippen LogP contribution in [-0.2, 0) is 11.3 Å². The number of hydrogen-bond donors (Lipinski definition) is 2. The minimum absolute atomic E-state index is 0.0194. The highest BCUT2D eigenvalue weighted by Crippen LogP contribution is 2.21. The van der Waals surface area contributed by atoms with Crippen molar-refractivity contribution in [2.24, 2.45) is 0 Å². The highest BCUT2D eigenvalue weighted by Gasteiger charge is 2.14. The highest BCUT2D eigenvalue weighted by atomic mass is 35.5. The van der Waals surface area contributed by atoms with E-state index in [1.807, 2.05) is 50.4 Å². The largest absolute Gasteiger partial charge is 0.496 e. The molecule has 0 aliphatic heterocycles. The third-order valence-corrected chi connectivity index (χ3v) is 3.73. The van der Waals surface area contributed by atoms with E-state index in [9.17, 15) is 4.79 Å². The lowest BCUT2D eigenvalue weighted by molar-refractivity contribution is -0.885. The predicted molar refractivity (Wildman–Crippen MR) is 93.3 cm³/mol. The summed E-state index contributed by atoms with van der Waals surface area (Å²) < 4.78 is 5.34. The third kappa shape index (κ3) is 5.27. The quantitative estimate of drug-likeness (QED) is 0.852. The maximum absolute atomic E-state index is 12.2. The number of benzene rings is 2. The second-order valence-electron chi connectivity index (χ2n) is 5.68. The molecule has 0 fully saturated rings. The lowest BCUT2D eigenvalue weighted by atomic mass is 10.2. The maximum Gasteiger partial charge on any atom is 0.279 e. The molecule has 5 heteroatoms. The predicted octanol–water partition coefficient (Wildman–Crippen LogP) is 2.31. The van der Waals surface area contributed by atoms with Crippen LogP contribution in [0.2, 0.25) is 5.02 Å². The van der Waals surface area contributed by atoms with Gasteiger partial charge in [-0.3, -0.25) is 4.79 Å². The number of aryl methyl sites for hydroxylation is 1. The van der Waals surface area contributed by atoms with Crippen molar-refractivity contribution in [3.05, 3.63) is 58.6 Å². The van der Waals surface area contributed by atoms with Crippen LogP contribution >= 0.6 is 11.6 Å². The number of amides is 1. The lowest BCUT2D eigenvalue weighted by Crippen LogP contribution is -3.08. The number of rotatable bonds is 6. The number of ether oxygens (including phenoxy) is 1. The topological polar surface area (TPSA) is 42.8 Å². The van der Waals surface area contributed by atoms with E-state index in [4.69, 9.17) is 16.3 Å². The minimum Gasteiger partial charge on any atom is -0.496 e. The minimum atomic E-state index is -0.0194. The molecule has 0 aliphatic rings. The molecule has 1 atom stereocenters. The van der Waals surface area contributed by atoms with Gasteiger partial charge in [-0.1, -0.05) is 23.7 Å². The Morgan fingerprint density at radius 3 is 2.74 bits per heavy atom. The Hall–Kier alpha value is -2.04. The lowest BCUT2D eigenvalue weighted by Gasteiger charge is -2.16. The normalized spacial score (nSPS) is 11.8. The fourth-order valence-electron chi connectivity index (χ4n) is 2.48. The van der Waals surface area contributed by atoms with E-state index >= 15 is 0 Å². The van der Waals surface area contributed by atoms with Gasteiger partial charge in [-0.05, 0) is 42.8 Å². The van der Waals surface area contributed by atoms with Gasteiger partial charge in [-0.15, -0.1) is 0 Å². The Kier molecular flexibility index (Phi) is 6.02. The van der Waals surface area contributed by atoms with Crippen molar-refractivity contribution >= 4 is 23.2 Å². The zero-order valence-corrected chi connectivity index (χ0v) is 14.4. The smallest absolute Gasteiger partial charge is 0.279 e. The van der Waals surface area contributed by atoms with E-state index in [1.54, 1.807) is 13.2 Å². The monoisotopic (exact) mass is 333 g/mol. The summed E-state index contributed by atoms with van der Waals surface area (Å²) in [6.45, 7) is 3.02. The summed E-state index contributed by atoms with van der Waals surface area (Å²) in [7, 11) is 3.60.